The van der Waals surface area contributed by atoms with E-state index in [1.165, 1.54) is 0 Å². The number of rotatable bonds is 3. The number of nitrogens with one attached hydrogen (secondary N) is 1. The lowest BCUT2D eigenvalue weighted by Crippen LogP contribution is -2.21. The van der Waals surface area contributed by atoms with Crippen LogP contribution in [-0.4, -0.2) is 28.8 Å². The first-order valence-electron chi connectivity index (χ1n) is 5.40. The molecular formula is C10H11F3N2O2S. The molecule has 2 N–H and O–H groups in total. The Hall–Kier alpha value is -1.31. The summed E-state index contributed by atoms with van der Waals surface area (Å²) in [4.78, 5) is 15.8. The fourth-order valence-corrected chi connectivity index (χ4v) is 2.97. The minimum Gasteiger partial charge on any atom is -0.481 e. The number of aromatic nitrogens is 1. The SMILES string of the molecule is O=C(O)C1CCCc2sc(NCC(F)(F)F)nc21. The molecule has 1 aliphatic carbocycles. The van der Waals surface area contributed by atoms with Crippen molar-refractivity contribution >= 4 is 22.4 Å². The fraction of sp³-hybridized carbons (Fsp3) is 0.600. The van der Waals surface area contributed by atoms with Crippen LogP contribution in [0.25, 0.3) is 0 Å². The molecule has 100 valence electrons. The number of aryl methyl sites for hydroxylation is 1. The third kappa shape index (κ3) is 2.92. The standard InChI is InChI=1S/C10H11F3N2O2S/c11-10(12,13)4-14-9-15-7-5(8(16)17)2-1-3-6(7)18-9/h5H,1-4H2,(H,14,15)(H,16,17). The summed E-state index contributed by atoms with van der Waals surface area (Å²) >= 11 is 1.11. The number of hydrogen-bond acceptors (Lipinski definition) is 4. The van der Waals surface area contributed by atoms with E-state index in [2.05, 4.69) is 10.3 Å². The Bertz CT molecular complexity index is 458. The smallest absolute Gasteiger partial charge is 0.405 e. The lowest BCUT2D eigenvalue weighted by molar-refractivity contribution is -0.139. The molecule has 1 unspecified atom stereocenters. The number of carboxylic acids is 1. The van der Waals surface area contributed by atoms with Gasteiger partial charge in [0.25, 0.3) is 0 Å². The third-order valence-electron chi connectivity index (χ3n) is 2.69. The molecule has 2 rings (SSSR count). The zero-order valence-corrected chi connectivity index (χ0v) is 10.1. The van der Waals surface area contributed by atoms with Crippen molar-refractivity contribution in [3.8, 4) is 0 Å². The van der Waals surface area contributed by atoms with Gasteiger partial charge in [-0.2, -0.15) is 13.2 Å². The Balaban J connectivity index is 2.14. The Morgan fingerprint density at radius 3 is 2.89 bits per heavy atom. The van der Waals surface area contributed by atoms with Crippen LogP contribution in [0.5, 0.6) is 0 Å². The minimum absolute atomic E-state index is 0.144. The van der Waals surface area contributed by atoms with Crippen LogP contribution in [0.4, 0.5) is 18.3 Å². The van der Waals surface area contributed by atoms with Crippen LogP contribution in [-0.2, 0) is 11.2 Å². The van der Waals surface area contributed by atoms with Crippen molar-refractivity contribution in [3.63, 3.8) is 0 Å². The molecule has 0 aliphatic heterocycles. The first-order valence-corrected chi connectivity index (χ1v) is 6.21. The van der Waals surface area contributed by atoms with E-state index in [4.69, 9.17) is 5.11 Å². The molecule has 1 heterocycles. The van der Waals surface area contributed by atoms with Gasteiger partial charge in [-0.15, -0.1) is 11.3 Å². The predicted molar refractivity (Wildman–Crippen MR) is 60.0 cm³/mol. The van der Waals surface area contributed by atoms with Gasteiger partial charge in [-0.25, -0.2) is 4.98 Å². The molecule has 0 aromatic carbocycles. The van der Waals surface area contributed by atoms with Crippen molar-refractivity contribution in [2.75, 3.05) is 11.9 Å². The summed E-state index contributed by atoms with van der Waals surface area (Å²) < 4.78 is 36.1. The molecule has 18 heavy (non-hydrogen) atoms. The lowest BCUT2D eigenvalue weighted by atomic mass is 9.91. The number of alkyl halides is 3. The summed E-state index contributed by atoms with van der Waals surface area (Å²) in [6.45, 7) is -1.16. The quantitative estimate of drug-likeness (QED) is 0.893. The number of fused-ring (bicyclic) bond motifs is 1. The average Bonchev–Trinajstić information content (AvgIpc) is 2.67. The predicted octanol–water partition coefficient (Wildman–Crippen LogP) is 2.62. The van der Waals surface area contributed by atoms with E-state index >= 15 is 0 Å². The van der Waals surface area contributed by atoms with E-state index in [1.54, 1.807) is 0 Å². The van der Waals surface area contributed by atoms with Gasteiger partial charge in [-0.3, -0.25) is 4.79 Å². The van der Waals surface area contributed by atoms with Crippen molar-refractivity contribution in [2.45, 2.75) is 31.4 Å². The number of halogens is 3. The van der Waals surface area contributed by atoms with E-state index in [9.17, 15) is 18.0 Å². The Morgan fingerprint density at radius 2 is 2.28 bits per heavy atom. The zero-order chi connectivity index (χ0) is 13.3. The fourth-order valence-electron chi connectivity index (χ4n) is 1.91. The number of carboxylic acid groups (broad SMARTS) is 1. The van der Waals surface area contributed by atoms with Crippen LogP contribution in [0, 0.1) is 0 Å². The van der Waals surface area contributed by atoms with E-state index in [1.807, 2.05) is 0 Å². The summed E-state index contributed by atoms with van der Waals surface area (Å²) in [5, 5.41) is 11.4. The number of aliphatic carboxylic acids is 1. The maximum Gasteiger partial charge on any atom is 0.405 e. The van der Waals surface area contributed by atoms with Crippen LogP contribution < -0.4 is 5.32 Å². The largest absolute Gasteiger partial charge is 0.481 e. The summed E-state index contributed by atoms with van der Waals surface area (Å²) in [6, 6.07) is 0. The third-order valence-corrected chi connectivity index (χ3v) is 3.78. The second-order valence-corrected chi connectivity index (χ2v) is 5.16. The van der Waals surface area contributed by atoms with Crippen molar-refractivity contribution in [2.24, 2.45) is 0 Å². The molecule has 0 bridgehead atoms. The van der Waals surface area contributed by atoms with Crippen molar-refractivity contribution < 1.29 is 23.1 Å². The average molecular weight is 280 g/mol. The maximum absolute atomic E-state index is 12.0. The van der Waals surface area contributed by atoms with Crippen molar-refractivity contribution in [1.29, 1.82) is 0 Å². The van der Waals surface area contributed by atoms with Crippen LogP contribution in [0.2, 0.25) is 0 Å². The number of nitrogens with zero attached hydrogens (tertiary/aromatic N) is 1. The van der Waals surface area contributed by atoms with Gasteiger partial charge in [0.2, 0.25) is 0 Å². The number of anilines is 1. The van der Waals surface area contributed by atoms with Gasteiger partial charge in [0.15, 0.2) is 5.13 Å². The van der Waals surface area contributed by atoms with Crippen LogP contribution >= 0.6 is 11.3 Å². The Kier molecular flexibility index (Phi) is 3.47. The highest BCUT2D eigenvalue weighted by molar-refractivity contribution is 7.15. The normalized spacial score (nSPS) is 19.4. The first kappa shape index (κ1) is 13.1. The summed E-state index contributed by atoms with van der Waals surface area (Å²) in [7, 11) is 0. The first-order chi connectivity index (χ1) is 8.37. The van der Waals surface area contributed by atoms with E-state index in [-0.39, 0.29) is 5.13 Å². The molecule has 1 aliphatic rings. The van der Waals surface area contributed by atoms with Crippen LogP contribution in [0.3, 0.4) is 0 Å². The zero-order valence-electron chi connectivity index (χ0n) is 9.25. The molecule has 1 atom stereocenters. The second-order valence-electron chi connectivity index (χ2n) is 4.08. The van der Waals surface area contributed by atoms with Crippen molar-refractivity contribution in [1.82, 2.24) is 4.98 Å². The summed E-state index contributed by atoms with van der Waals surface area (Å²) in [5.74, 6) is -1.66. The number of hydrogen-bond donors (Lipinski definition) is 2. The van der Waals surface area contributed by atoms with Crippen molar-refractivity contribution in [3.05, 3.63) is 10.6 Å². The highest BCUT2D eigenvalue weighted by Crippen LogP contribution is 2.37. The summed E-state index contributed by atoms with van der Waals surface area (Å²) in [5.41, 5.74) is 0.420. The van der Waals surface area contributed by atoms with Gasteiger partial charge in [0.05, 0.1) is 5.69 Å². The van der Waals surface area contributed by atoms with Crippen LogP contribution in [0.15, 0.2) is 0 Å². The number of carbonyl (C=O) groups is 1. The number of thiazole rings is 1. The molecule has 0 amide bonds. The van der Waals surface area contributed by atoms with E-state index in [0.29, 0.717) is 18.5 Å². The molecular weight excluding hydrogens is 269 g/mol. The van der Waals surface area contributed by atoms with Gasteiger partial charge < -0.3 is 10.4 Å². The highest BCUT2D eigenvalue weighted by atomic mass is 32.1. The van der Waals surface area contributed by atoms with Gasteiger partial charge in [0, 0.05) is 4.88 Å². The van der Waals surface area contributed by atoms with E-state index in [0.717, 1.165) is 22.6 Å². The highest BCUT2D eigenvalue weighted by Gasteiger charge is 2.31. The molecule has 4 nitrogen and oxygen atoms in total. The molecule has 1 aromatic rings. The molecule has 0 fully saturated rings. The Labute approximate surface area is 105 Å². The molecule has 0 spiro atoms. The van der Waals surface area contributed by atoms with Crippen LogP contribution in [0.1, 0.15) is 29.3 Å². The van der Waals surface area contributed by atoms with Gasteiger partial charge in [0.1, 0.15) is 12.5 Å². The molecule has 0 saturated heterocycles. The van der Waals surface area contributed by atoms with Gasteiger partial charge >= 0.3 is 12.1 Å². The second kappa shape index (κ2) is 4.75. The van der Waals surface area contributed by atoms with Gasteiger partial charge in [-0.1, -0.05) is 0 Å². The molecule has 8 heteroatoms. The maximum atomic E-state index is 12.0. The molecule has 0 radical (unpaired) electrons. The summed E-state index contributed by atoms with van der Waals surface area (Å²) in [6.07, 6.45) is -2.40. The van der Waals surface area contributed by atoms with E-state index < -0.39 is 24.6 Å². The minimum atomic E-state index is -4.31. The molecule has 0 saturated carbocycles. The lowest BCUT2D eigenvalue weighted by Gasteiger charge is -2.16. The molecule has 1 aromatic heterocycles. The topological polar surface area (TPSA) is 62.2 Å². The Morgan fingerprint density at radius 1 is 1.56 bits per heavy atom. The monoisotopic (exact) mass is 280 g/mol. The van der Waals surface area contributed by atoms with Gasteiger partial charge in [-0.05, 0) is 19.3 Å².